The molecule has 0 aliphatic heterocycles. The third kappa shape index (κ3) is 3.22. The monoisotopic (exact) mass is 262 g/mol. The Balaban J connectivity index is 2.00. The van der Waals surface area contributed by atoms with Gasteiger partial charge in [-0.25, -0.2) is 8.78 Å². The number of rotatable bonds is 4. The predicted molar refractivity (Wildman–Crippen MR) is 74.1 cm³/mol. The Bertz CT molecular complexity index is 582. The van der Waals surface area contributed by atoms with Gasteiger partial charge in [0.2, 0.25) is 0 Å². The molecule has 0 aliphatic carbocycles. The van der Waals surface area contributed by atoms with E-state index < -0.39 is 0 Å². The summed E-state index contributed by atoms with van der Waals surface area (Å²) in [5.41, 5.74) is 7.93. The van der Waals surface area contributed by atoms with E-state index in [0.717, 1.165) is 0 Å². The minimum absolute atomic E-state index is 0.215. The number of hydrogen-bond donors (Lipinski definition) is 2. The molecule has 0 atom stereocenters. The number of halogens is 2. The molecule has 0 saturated heterocycles. The minimum atomic E-state index is -0.322. The van der Waals surface area contributed by atoms with Crippen molar-refractivity contribution < 1.29 is 8.78 Å². The maximum absolute atomic E-state index is 13.4. The van der Waals surface area contributed by atoms with Gasteiger partial charge in [0.15, 0.2) is 0 Å². The summed E-state index contributed by atoms with van der Waals surface area (Å²) in [6.45, 7) is 2.22. The van der Waals surface area contributed by atoms with Crippen molar-refractivity contribution in [2.75, 3.05) is 17.6 Å². The molecule has 0 spiro atoms. The highest BCUT2D eigenvalue weighted by Crippen LogP contribution is 2.22. The number of nitrogen functional groups attached to an aromatic ring is 1. The Morgan fingerprint density at radius 3 is 2.58 bits per heavy atom. The van der Waals surface area contributed by atoms with Crippen LogP contribution in [0, 0.1) is 18.6 Å². The van der Waals surface area contributed by atoms with Crippen molar-refractivity contribution in [3.05, 3.63) is 59.2 Å². The summed E-state index contributed by atoms with van der Waals surface area (Å²) in [6.07, 6.45) is 0.544. The van der Waals surface area contributed by atoms with Crippen LogP contribution in [-0.4, -0.2) is 6.54 Å². The molecule has 2 aromatic carbocycles. The highest BCUT2D eigenvalue weighted by molar-refractivity contribution is 5.67. The Labute approximate surface area is 111 Å². The van der Waals surface area contributed by atoms with Gasteiger partial charge in [-0.1, -0.05) is 18.2 Å². The summed E-state index contributed by atoms with van der Waals surface area (Å²) in [5.74, 6) is -0.537. The van der Waals surface area contributed by atoms with Gasteiger partial charge < -0.3 is 11.1 Å². The summed E-state index contributed by atoms with van der Waals surface area (Å²) in [5, 5.41) is 3.10. The maximum atomic E-state index is 13.4. The van der Waals surface area contributed by atoms with Crippen molar-refractivity contribution in [1.82, 2.24) is 0 Å². The van der Waals surface area contributed by atoms with Gasteiger partial charge in [-0.15, -0.1) is 0 Å². The van der Waals surface area contributed by atoms with E-state index in [-0.39, 0.29) is 11.6 Å². The lowest BCUT2D eigenvalue weighted by molar-refractivity contribution is 0.610. The Kier molecular flexibility index (Phi) is 4.00. The van der Waals surface area contributed by atoms with E-state index in [9.17, 15) is 8.78 Å². The van der Waals surface area contributed by atoms with Crippen LogP contribution < -0.4 is 11.1 Å². The second kappa shape index (κ2) is 5.69. The van der Waals surface area contributed by atoms with Crippen LogP contribution in [0.4, 0.5) is 20.2 Å². The lowest BCUT2D eigenvalue weighted by Crippen LogP contribution is -2.08. The topological polar surface area (TPSA) is 38.0 Å². The van der Waals surface area contributed by atoms with Crippen molar-refractivity contribution in [3.63, 3.8) is 0 Å². The Hall–Kier alpha value is -2.10. The molecule has 100 valence electrons. The van der Waals surface area contributed by atoms with Gasteiger partial charge >= 0.3 is 0 Å². The fourth-order valence-electron chi connectivity index (χ4n) is 1.88. The largest absolute Gasteiger partial charge is 0.397 e. The van der Waals surface area contributed by atoms with Crippen molar-refractivity contribution in [3.8, 4) is 0 Å². The molecule has 0 radical (unpaired) electrons. The number of benzene rings is 2. The molecule has 19 heavy (non-hydrogen) atoms. The highest BCUT2D eigenvalue weighted by atomic mass is 19.1. The van der Waals surface area contributed by atoms with Gasteiger partial charge in [-0.3, -0.25) is 0 Å². The van der Waals surface area contributed by atoms with Gasteiger partial charge in [0.05, 0.1) is 11.4 Å². The first-order valence-corrected chi connectivity index (χ1v) is 6.11. The lowest BCUT2D eigenvalue weighted by Gasteiger charge is -2.11. The van der Waals surface area contributed by atoms with Crippen LogP contribution in [0.3, 0.4) is 0 Å². The fraction of sp³-hybridized carbons (Fsp3) is 0.200. The second-order valence-corrected chi connectivity index (χ2v) is 4.46. The van der Waals surface area contributed by atoms with Gasteiger partial charge in [0.1, 0.15) is 11.6 Å². The molecule has 2 rings (SSSR count). The number of aryl methyl sites for hydroxylation is 1. The zero-order chi connectivity index (χ0) is 13.8. The number of nitrogens with one attached hydrogen (secondary N) is 1. The summed E-state index contributed by atoms with van der Waals surface area (Å²) in [4.78, 5) is 0. The average molecular weight is 262 g/mol. The molecule has 0 unspecified atom stereocenters. The van der Waals surface area contributed by atoms with E-state index in [1.54, 1.807) is 31.2 Å². The number of nitrogens with two attached hydrogens (primary N) is 1. The quantitative estimate of drug-likeness (QED) is 0.827. The van der Waals surface area contributed by atoms with E-state index in [4.69, 9.17) is 5.73 Å². The molecule has 0 heterocycles. The van der Waals surface area contributed by atoms with E-state index in [2.05, 4.69) is 5.32 Å². The van der Waals surface area contributed by atoms with E-state index in [1.165, 1.54) is 12.1 Å². The fourth-order valence-corrected chi connectivity index (χ4v) is 1.88. The molecular weight excluding hydrogens is 246 g/mol. The van der Waals surface area contributed by atoms with Crippen LogP contribution >= 0.6 is 0 Å². The Morgan fingerprint density at radius 1 is 1.11 bits per heavy atom. The third-order valence-corrected chi connectivity index (χ3v) is 3.00. The molecule has 0 bridgehead atoms. The molecule has 0 saturated carbocycles. The number of anilines is 2. The summed E-state index contributed by atoms with van der Waals surface area (Å²) in [7, 11) is 0. The second-order valence-electron chi connectivity index (χ2n) is 4.46. The van der Waals surface area contributed by atoms with E-state index >= 15 is 0 Å². The van der Waals surface area contributed by atoms with Gasteiger partial charge in [0, 0.05) is 6.54 Å². The zero-order valence-electron chi connectivity index (χ0n) is 10.7. The standard InChI is InChI=1S/C15H16F2N2/c1-10-8-15(14(18)9-13(10)17)19-7-6-11-4-2-3-5-12(11)16/h2-5,8-9,19H,6-7,18H2,1H3. The number of hydrogen-bond acceptors (Lipinski definition) is 2. The third-order valence-electron chi connectivity index (χ3n) is 3.00. The predicted octanol–water partition coefficient (Wildman–Crippen LogP) is 3.51. The molecule has 0 fully saturated rings. The first kappa shape index (κ1) is 13.3. The average Bonchev–Trinajstić information content (AvgIpc) is 2.38. The van der Waals surface area contributed by atoms with E-state index in [1.807, 2.05) is 0 Å². The molecule has 4 heteroatoms. The van der Waals surface area contributed by atoms with Crippen LogP contribution in [0.2, 0.25) is 0 Å². The molecule has 0 amide bonds. The van der Waals surface area contributed by atoms with Crippen LogP contribution in [-0.2, 0) is 6.42 Å². The molecule has 2 aromatic rings. The van der Waals surface area contributed by atoms with Crippen molar-refractivity contribution >= 4 is 11.4 Å². The summed E-state index contributed by atoms with van der Waals surface area (Å²) < 4.78 is 26.7. The van der Waals surface area contributed by atoms with Gasteiger partial charge in [-0.05, 0) is 42.7 Å². The van der Waals surface area contributed by atoms with E-state index in [0.29, 0.717) is 35.5 Å². The highest BCUT2D eigenvalue weighted by Gasteiger charge is 2.05. The smallest absolute Gasteiger partial charge is 0.128 e. The van der Waals surface area contributed by atoms with Crippen LogP contribution in [0.25, 0.3) is 0 Å². The van der Waals surface area contributed by atoms with Crippen LogP contribution in [0.5, 0.6) is 0 Å². The van der Waals surface area contributed by atoms with Crippen LogP contribution in [0.1, 0.15) is 11.1 Å². The van der Waals surface area contributed by atoms with Crippen molar-refractivity contribution in [2.45, 2.75) is 13.3 Å². The van der Waals surface area contributed by atoms with Crippen molar-refractivity contribution in [2.24, 2.45) is 0 Å². The van der Waals surface area contributed by atoms with Gasteiger partial charge in [0.25, 0.3) is 0 Å². The molecule has 0 aromatic heterocycles. The minimum Gasteiger partial charge on any atom is -0.397 e. The zero-order valence-corrected chi connectivity index (χ0v) is 10.7. The molecular formula is C15H16F2N2. The first-order valence-electron chi connectivity index (χ1n) is 6.11. The van der Waals surface area contributed by atoms with Crippen molar-refractivity contribution in [1.29, 1.82) is 0 Å². The van der Waals surface area contributed by atoms with Gasteiger partial charge in [-0.2, -0.15) is 0 Å². The summed E-state index contributed by atoms with van der Waals surface area (Å²) >= 11 is 0. The molecule has 3 N–H and O–H groups in total. The molecule has 2 nitrogen and oxygen atoms in total. The SMILES string of the molecule is Cc1cc(NCCc2ccccc2F)c(N)cc1F. The summed E-state index contributed by atoms with van der Waals surface area (Å²) in [6, 6.07) is 9.59. The first-order chi connectivity index (χ1) is 9.08. The normalized spacial score (nSPS) is 10.5. The van der Waals surface area contributed by atoms with Crippen LogP contribution in [0.15, 0.2) is 36.4 Å². The molecule has 0 aliphatic rings. The lowest BCUT2D eigenvalue weighted by atomic mass is 10.1. The maximum Gasteiger partial charge on any atom is 0.128 e. The Morgan fingerprint density at radius 2 is 1.84 bits per heavy atom.